The van der Waals surface area contributed by atoms with Crippen molar-refractivity contribution < 1.29 is 0 Å². The van der Waals surface area contributed by atoms with Crippen molar-refractivity contribution in [3.8, 4) is 5.82 Å². The summed E-state index contributed by atoms with van der Waals surface area (Å²) in [4.78, 5) is 9.31. The first-order valence-electron chi connectivity index (χ1n) is 7.74. The van der Waals surface area contributed by atoms with E-state index in [9.17, 15) is 0 Å². The van der Waals surface area contributed by atoms with Gasteiger partial charge in [-0.25, -0.2) is 9.97 Å². The van der Waals surface area contributed by atoms with Gasteiger partial charge in [-0.15, -0.1) is 0 Å². The molecule has 2 aromatic heterocycles. The van der Waals surface area contributed by atoms with Gasteiger partial charge >= 0.3 is 0 Å². The molecule has 4 heteroatoms. The second kappa shape index (κ2) is 5.05. The number of hydrogen-bond donors (Lipinski definition) is 0. The second-order valence-corrected chi connectivity index (χ2v) is 6.05. The van der Waals surface area contributed by atoms with E-state index in [4.69, 9.17) is 16.6 Å². The number of halogens is 1. The van der Waals surface area contributed by atoms with Gasteiger partial charge in [0.15, 0.2) is 11.0 Å². The van der Waals surface area contributed by atoms with Crippen molar-refractivity contribution in [2.24, 2.45) is 0 Å². The molecule has 5 aromatic rings. The summed E-state index contributed by atoms with van der Waals surface area (Å²) in [5, 5.41) is 2.76. The fraction of sp³-hybridized carbons (Fsp3) is 0. The lowest BCUT2D eigenvalue weighted by atomic mass is 10.2. The molecule has 0 unspecified atom stereocenters. The van der Waals surface area contributed by atoms with Gasteiger partial charge in [0, 0.05) is 10.8 Å². The SMILES string of the molecule is Clc1nc2ccccc2nc1-n1c2ccccc2c2ccccc21. The summed E-state index contributed by atoms with van der Waals surface area (Å²) >= 11 is 6.50. The van der Waals surface area contributed by atoms with E-state index in [0.29, 0.717) is 11.0 Å². The molecule has 3 nitrogen and oxygen atoms in total. The van der Waals surface area contributed by atoms with Crippen LogP contribution in [-0.2, 0) is 0 Å². The third-order valence-corrected chi connectivity index (χ3v) is 4.56. The molecule has 0 radical (unpaired) electrons. The summed E-state index contributed by atoms with van der Waals surface area (Å²) in [6.07, 6.45) is 0. The van der Waals surface area contributed by atoms with E-state index in [1.807, 2.05) is 48.5 Å². The topological polar surface area (TPSA) is 30.7 Å². The molecule has 0 saturated heterocycles. The molecule has 5 rings (SSSR count). The molecule has 114 valence electrons. The van der Waals surface area contributed by atoms with Crippen LogP contribution in [0.15, 0.2) is 72.8 Å². The number of nitrogens with zero attached hydrogens (tertiary/aromatic N) is 3. The number of benzene rings is 3. The Kier molecular flexibility index (Phi) is 2.84. The van der Waals surface area contributed by atoms with Crippen LogP contribution in [-0.4, -0.2) is 14.5 Å². The molecule has 0 atom stereocenters. The number of para-hydroxylation sites is 4. The van der Waals surface area contributed by atoms with E-state index in [1.165, 1.54) is 10.8 Å². The Balaban J connectivity index is 1.97. The van der Waals surface area contributed by atoms with Gasteiger partial charge in [0.1, 0.15) is 0 Å². The molecule has 2 heterocycles. The van der Waals surface area contributed by atoms with E-state index >= 15 is 0 Å². The van der Waals surface area contributed by atoms with E-state index in [1.54, 1.807) is 0 Å². The molecule has 0 amide bonds. The lowest BCUT2D eigenvalue weighted by Crippen LogP contribution is -2.00. The molecule has 0 fully saturated rings. The molecule has 3 aromatic carbocycles. The molecular formula is C20H12ClN3. The maximum absolute atomic E-state index is 6.50. The predicted molar refractivity (Wildman–Crippen MR) is 98.9 cm³/mol. The van der Waals surface area contributed by atoms with Crippen molar-refractivity contribution in [1.82, 2.24) is 14.5 Å². The van der Waals surface area contributed by atoms with Crippen LogP contribution in [0.5, 0.6) is 0 Å². The van der Waals surface area contributed by atoms with Gasteiger partial charge in [0.05, 0.1) is 22.1 Å². The Morgan fingerprint density at radius 1 is 0.625 bits per heavy atom. The van der Waals surface area contributed by atoms with E-state index in [0.717, 1.165) is 22.1 Å². The molecule has 0 aliphatic rings. The summed E-state index contributed by atoms with van der Waals surface area (Å²) in [6, 6.07) is 24.3. The van der Waals surface area contributed by atoms with Gasteiger partial charge < -0.3 is 0 Å². The van der Waals surface area contributed by atoms with E-state index in [2.05, 4.69) is 33.8 Å². The Bertz CT molecular complexity index is 1170. The standard InChI is InChI=1S/C20H12ClN3/c21-19-20(23-16-10-4-3-9-15(16)22-19)24-17-11-5-1-7-13(17)14-8-2-6-12-18(14)24/h1-12H. The van der Waals surface area contributed by atoms with E-state index < -0.39 is 0 Å². The van der Waals surface area contributed by atoms with Crippen molar-refractivity contribution in [3.05, 3.63) is 77.9 Å². The normalized spacial score (nSPS) is 11.5. The minimum atomic E-state index is 0.403. The Hall–Kier alpha value is -2.91. The van der Waals surface area contributed by atoms with Crippen LogP contribution in [0.3, 0.4) is 0 Å². The lowest BCUT2D eigenvalue weighted by Gasteiger charge is -2.09. The minimum Gasteiger partial charge on any atom is -0.291 e. The third-order valence-electron chi connectivity index (χ3n) is 4.30. The molecule has 0 spiro atoms. The highest BCUT2D eigenvalue weighted by Gasteiger charge is 2.16. The average Bonchev–Trinajstić information content (AvgIpc) is 2.96. The van der Waals surface area contributed by atoms with Crippen LogP contribution in [0, 0.1) is 0 Å². The molecule has 0 bridgehead atoms. The highest BCUT2D eigenvalue weighted by molar-refractivity contribution is 6.31. The predicted octanol–water partition coefficient (Wildman–Crippen LogP) is 5.38. The quantitative estimate of drug-likeness (QED) is 0.413. The minimum absolute atomic E-state index is 0.403. The summed E-state index contributed by atoms with van der Waals surface area (Å²) in [6.45, 7) is 0. The second-order valence-electron chi connectivity index (χ2n) is 5.70. The first-order chi connectivity index (χ1) is 11.8. The first kappa shape index (κ1) is 13.5. The fourth-order valence-electron chi connectivity index (χ4n) is 3.26. The monoisotopic (exact) mass is 329 g/mol. The van der Waals surface area contributed by atoms with Gasteiger partial charge in [-0.1, -0.05) is 60.1 Å². The maximum atomic E-state index is 6.50. The van der Waals surface area contributed by atoms with Gasteiger partial charge in [-0.3, -0.25) is 4.57 Å². The van der Waals surface area contributed by atoms with Gasteiger partial charge in [0.2, 0.25) is 0 Å². The van der Waals surface area contributed by atoms with Crippen molar-refractivity contribution >= 4 is 44.4 Å². The lowest BCUT2D eigenvalue weighted by molar-refractivity contribution is 1.08. The van der Waals surface area contributed by atoms with Crippen molar-refractivity contribution in [2.75, 3.05) is 0 Å². The van der Waals surface area contributed by atoms with Crippen LogP contribution < -0.4 is 0 Å². The molecule has 0 N–H and O–H groups in total. The van der Waals surface area contributed by atoms with Crippen LogP contribution in [0.1, 0.15) is 0 Å². The number of rotatable bonds is 1. The molecule has 24 heavy (non-hydrogen) atoms. The van der Waals surface area contributed by atoms with Gasteiger partial charge in [-0.2, -0.15) is 0 Å². The smallest absolute Gasteiger partial charge is 0.176 e. The summed E-state index contributed by atoms with van der Waals surface area (Å²) < 4.78 is 2.09. The summed E-state index contributed by atoms with van der Waals surface area (Å²) in [5.41, 5.74) is 3.78. The largest absolute Gasteiger partial charge is 0.291 e. The Morgan fingerprint density at radius 2 is 1.12 bits per heavy atom. The molecule has 0 saturated carbocycles. The fourth-order valence-corrected chi connectivity index (χ4v) is 3.48. The highest BCUT2D eigenvalue weighted by Crippen LogP contribution is 2.33. The third kappa shape index (κ3) is 1.85. The van der Waals surface area contributed by atoms with Crippen LogP contribution >= 0.6 is 11.6 Å². The summed E-state index contributed by atoms with van der Waals surface area (Å²) in [7, 11) is 0. The van der Waals surface area contributed by atoms with Crippen LogP contribution in [0.2, 0.25) is 5.15 Å². The zero-order valence-electron chi connectivity index (χ0n) is 12.6. The zero-order chi connectivity index (χ0) is 16.1. The van der Waals surface area contributed by atoms with E-state index in [-0.39, 0.29) is 0 Å². The Labute approximate surface area is 143 Å². The molecule has 0 aliphatic carbocycles. The Morgan fingerprint density at radius 3 is 1.75 bits per heavy atom. The number of aromatic nitrogens is 3. The molecule has 0 aliphatic heterocycles. The number of hydrogen-bond acceptors (Lipinski definition) is 2. The van der Waals surface area contributed by atoms with Crippen LogP contribution in [0.4, 0.5) is 0 Å². The van der Waals surface area contributed by atoms with Gasteiger partial charge in [-0.05, 0) is 24.3 Å². The first-order valence-corrected chi connectivity index (χ1v) is 8.11. The number of fused-ring (bicyclic) bond motifs is 4. The van der Waals surface area contributed by atoms with Crippen molar-refractivity contribution in [2.45, 2.75) is 0 Å². The zero-order valence-corrected chi connectivity index (χ0v) is 13.4. The van der Waals surface area contributed by atoms with Gasteiger partial charge in [0.25, 0.3) is 0 Å². The molecular weight excluding hydrogens is 318 g/mol. The van der Waals surface area contributed by atoms with Crippen molar-refractivity contribution in [3.63, 3.8) is 0 Å². The summed E-state index contributed by atoms with van der Waals surface area (Å²) in [5.74, 6) is 0.660. The van der Waals surface area contributed by atoms with Crippen LogP contribution in [0.25, 0.3) is 38.7 Å². The van der Waals surface area contributed by atoms with Crippen molar-refractivity contribution in [1.29, 1.82) is 0 Å². The maximum Gasteiger partial charge on any atom is 0.176 e. The average molecular weight is 330 g/mol. The highest BCUT2D eigenvalue weighted by atomic mass is 35.5.